The van der Waals surface area contributed by atoms with Crippen molar-refractivity contribution in [3.8, 4) is 0 Å². The molecule has 8 amide bonds. The highest BCUT2D eigenvalue weighted by Crippen LogP contribution is 2.42. The van der Waals surface area contributed by atoms with Crippen LogP contribution in [0.2, 0.25) is 0 Å². The molecule has 0 saturated carbocycles. The molecule has 2 rings (SSSR count). The normalized spacial score (nSPS) is 13.8. The van der Waals surface area contributed by atoms with E-state index in [9.17, 15) is 74.7 Å². The van der Waals surface area contributed by atoms with Crippen molar-refractivity contribution in [2.45, 2.75) is 30.1 Å². The molecule has 0 aliphatic carbocycles. The molecular formula is C31H36I6N6O15. The lowest BCUT2D eigenvalue weighted by atomic mass is 9.92. The number of aliphatic hydroxyl groups excluding tert-OH is 9. The fourth-order valence-corrected chi connectivity index (χ4v) is 14.7. The fraction of sp³-hybridized carbons (Fsp3) is 0.419. The number of nitrogens with zero attached hydrogens (tertiary/aromatic N) is 2. The summed E-state index contributed by atoms with van der Waals surface area (Å²) in [4.78, 5) is 79.4. The molecule has 27 heteroatoms. The van der Waals surface area contributed by atoms with E-state index in [-0.39, 0.29) is 55.0 Å². The molecule has 0 bridgehead atoms. The van der Waals surface area contributed by atoms with Gasteiger partial charge in [0.15, 0.2) is 0 Å². The van der Waals surface area contributed by atoms with Gasteiger partial charge in [-0.1, -0.05) is 0 Å². The number of imide groups is 2. The van der Waals surface area contributed by atoms with E-state index in [1.807, 2.05) is 0 Å². The summed E-state index contributed by atoms with van der Waals surface area (Å²) in [5.74, 6) is -6.73. The van der Waals surface area contributed by atoms with Crippen LogP contribution in [0.15, 0.2) is 0 Å². The van der Waals surface area contributed by atoms with Crippen LogP contribution in [0.3, 0.4) is 0 Å². The van der Waals surface area contributed by atoms with Gasteiger partial charge in [0.2, 0.25) is 11.8 Å². The lowest BCUT2D eigenvalue weighted by molar-refractivity contribution is -0.119. The number of benzene rings is 2. The first-order valence-corrected chi connectivity index (χ1v) is 22.5. The number of hydrogen-bond donors (Lipinski definition) is 13. The van der Waals surface area contributed by atoms with E-state index in [1.165, 1.54) is 0 Å². The van der Waals surface area contributed by atoms with Gasteiger partial charge in [-0.3, -0.25) is 29.0 Å². The molecule has 4 unspecified atom stereocenters. The van der Waals surface area contributed by atoms with Crippen LogP contribution in [-0.4, -0.2) is 162 Å². The highest BCUT2D eigenvalue weighted by Gasteiger charge is 2.38. The Labute approximate surface area is 410 Å². The van der Waals surface area contributed by atoms with Gasteiger partial charge in [0.05, 0.1) is 87.5 Å². The van der Waals surface area contributed by atoms with Crippen molar-refractivity contribution in [1.29, 1.82) is 0 Å². The number of carbonyl (C=O) groups is 6. The molecule has 0 saturated heterocycles. The van der Waals surface area contributed by atoms with Crippen molar-refractivity contribution >= 4 is 183 Å². The Kier molecular flexibility index (Phi) is 22.3. The van der Waals surface area contributed by atoms with Crippen LogP contribution >= 0.6 is 136 Å². The van der Waals surface area contributed by atoms with Crippen LogP contribution in [0.5, 0.6) is 0 Å². The third-order valence-electron chi connectivity index (χ3n) is 8.19. The molecule has 322 valence electrons. The van der Waals surface area contributed by atoms with E-state index in [4.69, 9.17) is 11.5 Å². The van der Waals surface area contributed by atoms with Gasteiger partial charge in [-0.2, -0.15) is 0 Å². The van der Waals surface area contributed by atoms with E-state index in [0.29, 0.717) is 9.80 Å². The zero-order valence-electron chi connectivity index (χ0n) is 29.3. The quantitative estimate of drug-likeness (QED) is 0.0808. The van der Waals surface area contributed by atoms with Crippen LogP contribution in [0.4, 0.5) is 21.0 Å². The molecule has 2 aromatic rings. The summed E-state index contributed by atoms with van der Waals surface area (Å²) in [7, 11) is 0. The summed E-state index contributed by atoms with van der Waals surface area (Å²) < 4.78 is 0.403. The molecule has 2 aromatic carbocycles. The second-order valence-corrected chi connectivity index (χ2v) is 18.3. The Balaban J connectivity index is 2.76. The number of aliphatic hydroxyl groups is 9. The smallest absolute Gasteiger partial charge is 0.321 e. The lowest BCUT2D eigenvalue weighted by Gasteiger charge is -2.30. The predicted molar refractivity (Wildman–Crippen MR) is 254 cm³/mol. The van der Waals surface area contributed by atoms with Gasteiger partial charge in [-0.25, -0.2) is 9.59 Å². The maximum atomic E-state index is 14.2. The van der Waals surface area contributed by atoms with Crippen molar-refractivity contribution in [2.75, 3.05) is 63.4 Å². The van der Waals surface area contributed by atoms with E-state index < -0.39 is 119 Å². The Hall–Kier alpha value is -0.720. The number of amides is 8. The van der Waals surface area contributed by atoms with Crippen molar-refractivity contribution in [2.24, 2.45) is 11.5 Å². The first-order valence-electron chi connectivity index (χ1n) is 16.0. The minimum atomic E-state index is -1.96. The number of nitrogens with one attached hydrogen (secondary N) is 2. The Bertz CT molecular complexity index is 1800. The van der Waals surface area contributed by atoms with E-state index in [1.54, 1.807) is 136 Å². The molecular weight excluding hydrogens is 1460 g/mol. The summed E-state index contributed by atoms with van der Waals surface area (Å²) in [6.45, 7) is -7.12. The number of nitrogens with two attached hydrogens (primary N) is 2. The van der Waals surface area contributed by atoms with Gasteiger partial charge in [0.1, 0.15) is 13.2 Å². The standard InChI is InChI=1S/C31H36I6N6O15/c32-20-16(10(3-44)12(51)5-46)22(34)26(40-14(53)7-48)24(36)18(20)28(55)42(30(38)57)1-9(50)2-43(31(39)58)29(56)19-21(33)17(11(4-45)13(52)6-47)23(35)27(25(19)37)41-15(54)8-49/h9-13,44-52H,1-8H2,(H2,38,57)(H2,39,58)(H,40,53)(H,41,54). The summed E-state index contributed by atoms with van der Waals surface area (Å²) in [5.41, 5.74) is 10.5. The molecule has 0 fully saturated rings. The molecule has 15 N–H and O–H groups in total. The molecule has 0 heterocycles. The first-order chi connectivity index (χ1) is 27.1. The minimum Gasteiger partial charge on any atom is -0.396 e. The van der Waals surface area contributed by atoms with Crippen LogP contribution < -0.4 is 22.1 Å². The first kappa shape index (κ1) is 53.4. The lowest BCUT2D eigenvalue weighted by Crippen LogP contribution is -2.51. The highest BCUT2D eigenvalue weighted by atomic mass is 127. The van der Waals surface area contributed by atoms with Crippen molar-refractivity contribution < 1.29 is 74.7 Å². The zero-order chi connectivity index (χ0) is 44.5. The third-order valence-corrected chi connectivity index (χ3v) is 14.8. The van der Waals surface area contributed by atoms with Crippen LogP contribution in [0.25, 0.3) is 0 Å². The maximum Gasteiger partial charge on any atom is 0.321 e. The number of carbonyl (C=O) groups excluding carboxylic acids is 6. The zero-order valence-corrected chi connectivity index (χ0v) is 42.3. The predicted octanol–water partition coefficient (Wildman–Crippen LogP) is -0.863. The van der Waals surface area contributed by atoms with E-state index in [2.05, 4.69) is 10.6 Å². The van der Waals surface area contributed by atoms with Gasteiger partial charge in [0, 0.05) is 26.1 Å². The van der Waals surface area contributed by atoms with E-state index >= 15 is 0 Å². The van der Waals surface area contributed by atoms with Crippen molar-refractivity contribution in [3.05, 3.63) is 43.7 Å². The van der Waals surface area contributed by atoms with Crippen molar-refractivity contribution in [3.63, 3.8) is 0 Å². The molecule has 0 radical (unpaired) electrons. The maximum absolute atomic E-state index is 14.2. The molecule has 0 aromatic heterocycles. The SMILES string of the molecule is NC(=O)N(CC(O)CN(C(N)=O)C(=O)c1c(I)c(NC(=O)CO)c(I)c(C(CO)C(O)CO)c1I)C(=O)c1c(I)c(NC(=O)CO)c(I)c(C(CO)C(O)CO)c1I. The summed E-state index contributed by atoms with van der Waals surface area (Å²) in [5, 5.41) is 95.7. The van der Waals surface area contributed by atoms with Gasteiger partial charge in [0.25, 0.3) is 11.8 Å². The average Bonchev–Trinajstić information content (AvgIpc) is 3.18. The summed E-state index contributed by atoms with van der Waals surface area (Å²) in [6, 6.07) is -2.87. The van der Waals surface area contributed by atoms with Gasteiger partial charge in [-0.05, 0) is 147 Å². The Morgan fingerprint density at radius 2 is 0.828 bits per heavy atom. The second-order valence-electron chi connectivity index (χ2n) is 11.9. The fourth-order valence-electron chi connectivity index (χ4n) is 5.33. The topological polar surface area (TPSA) is 367 Å². The Morgan fingerprint density at radius 1 is 0.517 bits per heavy atom. The van der Waals surface area contributed by atoms with Gasteiger partial charge < -0.3 is 68.1 Å². The van der Waals surface area contributed by atoms with Gasteiger partial charge >= 0.3 is 12.1 Å². The van der Waals surface area contributed by atoms with Gasteiger partial charge in [-0.15, -0.1) is 0 Å². The second kappa shape index (κ2) is 24.2. The molecule has 0 aliphatic rings. The molecule has 0 spiro atoms. The van der Waals surface area contributed by atoms with E-state index in [0.717, 1.165) is 0 Å². The van der Waals surface area contributed by atoms with Crippen LogP contribution in [0.1, 0.15) is 43.7 Å². The third kappa shape index (κ3) is 12.3. The largest absolute Gasteiger partial charge is 0.396 e. The molecule has 4 atom stereocenters. The average molecular weight is 1490 g/mol. The molecule has 0 aliphatic heterocycles. The molecule has 21 nitrogen and oxygen atoms in total. The highest BCUT2D eigenvalue weighted by molar-refractivity contribution is 14.1. The van der Waals surface area contributed by atoms with Crippen molar-refractivity contribution in [1.82, 2.24) is 9.80 Å². The van der Waals surface area contributed by atoms with Crippen LogP contribution in [-0.2, 0) is 9.59 Å². The minimum absolute atomic E-state index is 0.0120. The summed E-state index contributed by atoms with van der Waals surface area (Å²) in [6.07, 6.45) is -5.11. The molecule has 58 heavy (non-hydrogen) atoms. The van der Waals surface area contributed by atoms with Crippen LogP contribution in [0, 0.1) is 21.4 Å². The number of primary amides is 2. The number of anilines is 2. The number of hydrogen-bond acceptors (Lipinski definition) is 15. The number of halogens is 6. The summed E-state index contributed by atoms with van der Waals surface area (Å²) >= 11 is 10.2. The number of urea groups is 2. The Morgan fingerprint density at radius 3 is 1.07 bits per heavy atom. The number of rotatable bonds is 18. The monoisotopic (exact) mass is 1490 g/mol.